The quantitative estimate of drug-likeness (QED) is 0.867. The summed E-state index contributed by atoms with van der Waals surface area (Å²) in [5.41, 5.74) is 5.52. The molecule has 0 bridgehead atoms. The Hall–Kier alpha value is -1.79. The summed E-state index contributed by atoms with van der Waals surface area (Å²) in [5.74, 6) is 0.398. The van der Waals surface area contributed by atoms with Gasteiger partial charge in [0.05, 0.1) is 0 Å². The molecule has 2 N–H and O–H groups in total. The number of carbonyl (C=O) groups excluding carboxylic acids is 2. The monoisotopic (exact) mass is 339 g/mol. The summed E-state index contributed by atoms with van der Waals surface area (Å²) in [6, 6.07) is 6.87. The average Bonchev–Trinajstić information content (AvgIpc) is 2.59. The van der Waals surface area contributed by atoms with E-state index >= 15 is 0 Å². The molecule has 1 atom stereocenters. The van der Waals surface area contributed by atoms with E-state index in [-0.39, 0.29) is 24.3 Å². The van der Waals surface area contributed by atoms with Crippen molar-refractivity contribution in [2.75, 3.05) is 39.3 Å². The minimum absolute atomic E-state index is 0.0191. The van der Waals surface area contributed by atoms with Gasteiger partial charge in [0.15, 0.2) is 6.61 Å². The number of rotatable bonds is 5. The molecular weight excluding hydrogens is 318 g/mol. The fraction of sp³-hybridized carbons (Fsp3) is 0.500. The lowest BCUT2D eigenvalue weighted by Gasteiger charge is -2.35. The number of carbonyl (C=O) groups is 2. The highest BCUT2D eigenvalue weighted by Gasteiger charge is 2.26. The fourth-order valence-corrected chi connectivity index (χ4v) is 2.48. The second kappa shape index (κ2) is 8.17. The van der Waals surface area contributed by atoms with Gasteiger partial charge in [-0.25, -0.2) is 0 Å². The van der Waals surface area contributed by atoms with Crippen molar-refractivity contribution < 1.29 is 14.3 Å². The largest absolute Gasteiger partial charge is 0.484 e. The molecule has 2 amide bonds. The Bertz CT molecular complexity index is 542. The van der Waals surface area contributed by atoms with Gasteiger partial charge in [0.2, 0.25) is 5.91 Å². The number of amides is 2. The van der Waals surface area contributed by atoms with Gasteiger partial charge >= 0.3 is 0 Å². The number of piperazine rings is 1. The summed E-state index contributed by atoms with van der Waals surface area (Å²) in [6.45, 7) is 4.25. The Kier molecular flexibility index (Phi) is 6.24. The molecular formula is C16H22ClN3O3. The Morgan fingerprint density at radius 1 is 1.17 bits per heavy atom. The van der Waals surface area contributed by atoms with Crippen molar-refractivity contribution in [2.45, 2.75) is 6.92 Å². The number of nitrogens with zero attached hydrogens (tertiary/aromatic N) is 2. The van der Waals surface area contributed by atoms with Crippen LogP contribution in [-0.2, 0) is 9.59 Å². The molecule has 1 saturated heterocycles. The lowest BCUT2D eigenvalue weighted by atomic mass is 10.1. The van der Waals surface area contributed by atoms with Crippen LogP contribution < -0.4 is 10.5 Å². The highest BCUT2D eigenvalue weighted by Crippen LogP contribution is 2.15. The van der Waals surface area contributed by atoms with Crippen molar-refractivity contribution in [3.63, 3.8) is 0 Å². The molecule has 23 heavy (non-hydrogen) atoms. The van der Waals surface area contributed by atoms with Crippen LogP contribution in [0.25, 0.3) is 0 Å². The minimum Gasteiger partial charge on any atom is -0.484 e. The van der Waals surface area contributed by atoms with Crippen molar-refractivity contribution in [2.24, 2.45) is 11.7 Å². The molecule has 2 rings (SSSR count). The van der Waals surface area contributed by atoms with Gasteiger partial charge in [-0.05, 0) is 24.3 Å². The van der Waals surface area contributed by atoms with Gasteiger partial charge in [-0.1, -0.05) is 18.5 Å². The normalized spacial score (nSPS) is 16.1. The molecule has 1 aromatic carbocycles. The van der Waals surface area contributed by atoms with Crippen molar-refractivity contribution in [1.29, 1.82) is 0 Å². The molecule has 0 aromatic heterocycles. The average molecular weight is 340 g/mol. The van der Waals surface area contributed by atoms with E-state index in [1.54, 1.807) is 34.1 Å². The zero-order valence-corrected chi connectivity index (χ0v) is 14.0. The van der Waals surface area contributed by atoms with Crippen LogP contribution in [0.1, 0.15) is 6.92 Å². The van der Waals surface area contributed by atoms with Crippen LogP contribution >= 0.6 is 11.6 Å². The van der Waals surface area contributed by atoms with E-state index in [2.05, 4.69) is 0 Å². The van der Waals surface area contributed by atoms with Crippen LogP contribution in [-0.4, -0.2) is 60.9 Å². The number of benzene rings is 1. The van der Waals surface area contributed by atoms with E-state index in [1.807, 2.05) is 6.92 Å². The maximum Gasteiger partial charge on any atom is 0.260 e. The van der Waals surface area contributed by atoms with Crippen LogP contribution in [0.15, 0.2) is 24.3 Å². The molecule has 1 heterocycles. The Balaban J connectivity index is 1.77. The van der Waals surface area contributed by atoms with Crippen LogP contribution in [0, 0.1) is 5.92 Å². The Morgan fingerprint density at radius 3 is 2.30 bits per heavy atom. The lowest BCUT2D eigenvalue weighted by Crippen LogP contribution is -2.53. The Labute approximate surface area is 141 Å². The first kappa shape index (κ1) is 17.6. The van der Waals surface area contributed by atoms with Gasteiger partial charge in [0, 0.05) is 43.7 Å². The number of nitrogens with two attached hydrogens (primary N) is 1. The molecule has 0 radical (unpaired) electrons. The van der Waals surface area contributed by atoms with E-state index < -0.39 is 0 Å². The maximum atomic E-state index is 12.2. The highest BCUT2D eigenvalue weighted by molar-refractivity contribution is 6.30. The molecule has 0 saturated carbocycles. The minimum atomic E-state index is -0.175. The van der Waals surface area contributed by atoms with Gasteiger partial charge in [-0.15, -0.1) is 0 Å². The smallest absolute Gasteiger partial charge is 0.260 e. The summed E-state index contributed by atoms with van der Waals surface area (Å²) >= 11 is 5.80. The molecule has 7 heteroatoms. The summed E-state index contributed by atoms with van der Waals surface area (Å²) < 4.78 is 5.46. The molecule has 0 spiro atoms. The number of halogens is 1. The third kappa shape index (κ3) is 4.84. The zero-order chi connectivity index (χ0) is 16.8. The second-order valence-corrected chi connectivity index (χ2v) is 6.02. The van der Waals surface area contributed by atoms with Crippen LogP contribution in [0.5, 0.6) is 5.75 Å². The summed E-state index contributed by atoms with van der Waals surface area (Å²) in [6.07, 6.45) is 0. The van der Waals surface area contributed by atoms with E-state index in [0.717, 1.165) is 0 Å². The predicted molar refractivity (Wildman–Crippen MR) is 88.3 cm³/mol. The predicted octanol–water partition coefficient (Wildman–Crippen LogP) is 0.984. The SMILES string of the molecule is CC(CN)C(=O)N1CCN(C(=O)COc2ccc(Cl)cc2)CC1. The zero-order valence-electron chi connectivity index (χ0n) is 13.2. The van der Waals surface area contributed by atoms with Gasteiger partial charge in [-0.2, -0.15) is 0 Å². The van der Waals surface area contributed by atoms with E-state index in [9.17, 15) is 9.59 Å². The second-order valence-electron chi connectivity index (χ2n) is 5.59. The fourth-order valence-electron chi connectivity index (χ4n) is 2.36. The van der Waals surface area contributed by atoms with E-state index in [0.29, 0.717) is 43.5 Å². The molecule has 1 unspecified atom stereocenters. The maximum absolute atomic E-state index is 12.2. The van der Waals surface area contributed by atoms with Crippen molar-refractivity contribution in [1.82, 2.24) is 9.80 Å². The summed E-state index contributed by atoms with van der Waals surface area (Å²) in [5, 5.41) is 0.621. The Morgan fingerprint density at radius 2 is 1.74 bits per heavy atom. The van der Waals surface area contributed by atoms with Crippen molar-refractivity contribution in [3.8, 4) is 5.75 Å². The molecule has 1 aliphatic heterocycles. The molecule has 1 aliphatic rings. The first-order valence-electron chi connectivity index (χ1n) is 7.66. The molecule has 1 aromatic rings. The molecule has 0 aliphatic carbocycles. The van der Waals surface area contributed by atoms with Gasteiger partial charge in [0.1, 0.15) is 5.75 Å². The molecule has 6 nitrogen and oxygen atoms in total. The van der Waals surface area contributed by atoms with Crippen LogP contribution in [0.3, 0.4) is 0 Å². The summed E-state index contributed by atoms with van der Waals surface area (Å²) in [4.78, 5) is 27.7. The van der Waals surface area contributed by atoms with Gasteiger partial charge < -0.3 is 20.3 Å². The van der Waals surface area contributed by atoms with E-state index in [4.69, 9.17) is 22.1 Å². The van der Waals surface area contributed by atoms with E-state index in [1.165, 1.54) is 0 Å². The van der Waals surface area contributed by atoms with Crippen molar-refractivity contribution >= 4 is 23.4 Å². The number of hydrogen-bond acceptors (Lipinski definition) is 4. The first-order valence-corrected chi connectivity index (χ1v) is 8.04. The van der Waals surface area contributed by atoms with Crippen molar-refractivity contribution in [3.05, 3.63) is 29.3 Å². The highest BCUT2D eigenvalue weighted by atomic mass is 35.5. The third-order valence-corrected chi connectivity index (χ3v) is 4.15. The van der Waals surface area contributed by atoms with Crippen LogP contribution in [0.4, 0.5) is 0 Å². The third-order valence-electron chi connectivity index (χ3n) is 3.90. The topological polar surface area (TPSA) is 75.9 Å². The van der Waals surface area contributed by atoms with Gasteiger partial charge in [0.25, 0.3) is 5.91 Å². The number of hydrogen-bond donors (Lipinski definition) is 1. The molecule has 126 valence electrons. The molecule has 1 fully saturated rings. The number of ether oxygens (including phenoxy) is 1. The summed E-state index contributed by atoms with van der Waals surface area (Å²) in [7, 11) is 0. The standard InChI is InChI=1S/C16H22ClN3O3/c1-12(10-18)16(22)20-8-6-19(7-9-20)15(21)11-23-14-4-2-13(17)3-5-14/h2-5,12H,6-11,18H2,1H3. The van der Waals surface area contributed by atoms with Gasteiger partial charge in [-0.3, -0.25) is 9.59 Å². The van der Waals surface area contributed by atoms with Crippen LogP contribution in [0.2, 0.25) is 5.02 Å². The lowest BCUT2D eigenvalue weighted by molar-refractivity contribution is -0.142. The first-order chi connectivity index (χ1) is 11.0.